The number of hydrogen-bond donors (Lipinski definition) is 1. The number of halogens is 1. The second-order valence-electron chi connectivity index (χ2n) is 7.44. The van der Waals surface area contributed by atoms with Crippen LogP contribution in [-0.4, -0.2) is 54.5 Å². The zero-order valence-corrected chi connectivity index (χ0v) is 15.8. The van der Waals surface area contributed by atoms with Crippen LogP contribution in [0.2, 0.25) is 5.02 Å². The fourth-order valence-electron chi connectivity index (χ4n) is 3.90. The highest BCUT2D eigenvalue weighted by Gasteiger charge is 2.21. The average Bonchev–Trinajstić information content (AvgIpc) is 2.85. The van der Waals surface area contributed by atoms with Crippen LogP contribution < -0.4 is 5.32 Å². The summed E-state index contributed by atoms with van der Waals surface area (Å²) in [5.74, 6) is 0.204. The molecule has 25 heavy (non-hydrogen) atoms. The number of rotatable bonds is 5. The Balaban J connectivity index is 1.37. The fourth-order valence-corrected chi connectivity index (χ4v) is 4.11. The highest BCUT2D eigenvalue weighted by atomic mass is 35.5. The molecule has 1 aromatic carbocycles. The van der Waals surface area contributed by atoms with Gasteiger partial charge in [-0.2, -0.15) is 0 Å². The smallest absolute Gasteiger partial charge is 0.234 e. The second kappa shape index (κ2) is 9.56. The van der Waals surface area contributed by atoms with E-state index in [-0.39, 0.29) is 5.91 Å². The molecule has 2 aliphatic rings. The van der Waals surface area contributed by atoms with E-state index in [1.54, 1.807) is 0 Å². The summed E-state index contributed by atoms with van der Waals surface area (Å²) in [4.78, 5) is 17.0. The van der Waals surface area contributed by atoms with Crippen LogP contribution in [0.4, 0.5) is 0 Å². The molecule has 0 spiro atoms. The van der Waals surface area contributed by atoms with Crippen molar-refractivity contribution < 1.29 is 4.79 Å². The molecule has 4 nitrogen and oxygen atoms in total. The van der Waals surface area contributed by atoms with E-state index in [0.717, 1.165) is 50.6 Å². The molecule has 0 bridgehead atoms. The average molecular weight is 364 g/mol. The van der Waals surface area contributed by atoms with E-state index in [0.29, 0.717) is 12.6 Å². The lowest BCUT2D eigenvalue weighted by Crippen LogP contribution is -2.50. The number of nitrogens with zero attached hydrogens (tertiary/aromatic N) is 2. The Kier molecular flexibility index (Phi) is 7.14. The van der Waals surface area contributed by atoms with Crippen LogP contribution in [0.15, 0.2) is 24.3 Å². The minimum absolute atomic E-state index is 0.204. The maximum Gasteiger partial charge on any atom is 0.234 e. The van der Waals surface area contributed by atoms with Crippen LogP contribution in [0.1, 0.15) is 44.1 Å². The molecule has 3 rings (SSSR count). The van der Waals surface area contributed by atoms with E-state index in [1.807, 2.05) is 18.2 Å². The van der Waals surface area contributed by atoms with Gasteiger partial charge in [0.2, 0.25) is 5.91 Å². The van der Waals surface area contributed by atoms with Gasteiger partial charge in [0, 0.05) is 43.8 Å². The molecular formula is C20H30ClN3O. The van der Waals surface area contributed by atoms with E-state index in [2.05, 4.69) is 21.2 Å². The summed E-state index contributed by atoms with van der Waals surface area (Å²) in [7, 11) is 0. The number of piperazine rings is 1. The van der Waals surface area contributed by atoms with E-state index < -0.39 is 0 Å². The first kappa shape index (κ1) is 18.7. The zero-order valence-electron chi connectivity index (χ0n) is 15.1. The quantitative estimate of drug-likeness (QED) is 0.815. The SMILES string of the molecule is O=C(CN1CCN(Cc2cccc(Cl)c2)CC1)NC1CCCCCC1. The molecule has 1 N–H and O–H groups in total. The number of carbonyl (C=O) groups excluding carboxylic acids is 1. The topological polar surface area (TPSA) is 35.6 Å². The van der Waals surface area contributed by atoms with Gasteiger partial charge in [-0.25, -0.2) is 0 Å². The number of hydrogen-bond acceptors (Lipinski definition) is 3. The first-order chi connectivity index (χ1) is 12.2. The minimum atomic E-state index is 0.204. The molecule has 0 radical (unpaired) electrons. The fraction of sp³-hybridized carbons (Fsp3) is 0.650. The molecule has 1 aliphatic carbocycles. The van der Waals surface area contributed by atoms with Crippen molar-refractivity contribution in [2.75, 3.05) is 32.7 Å². The van der Waals surface area contributed by atoms with Gasteiger partial charge in [0.1, 0.15) is 0 Å². The van der Waals surface area contributed by atoms with Crippen molar-refractivity contribution in [1.82, 2.24) is 15.1 Å². The van der Waals surface area contributed by atoms with Gasteiger partial charge in [-0.1, -0.05) is 49.4 Å². The van der Waals surface area contributed by atoms with Crippen LogP contribution >= 0.6 is 11.6 Å². The Hall–Kier alpha value is -1.10. The molecule has 2 fully saturated rings. The third-order valence-corrected chi connectivity index (χ3v) is 5.58. The Morgan fingerprint density at radius 1 is 1.04 bits per heavy atom. The Bertz CT molecular complexity index is 550. The van der Waals surface area contributed by atoms with Gasteiger partial charge in [-0.15, -0.1) is 0 Å². The molecule has 5 heteroatoms. The highest BCUT2D eigenvalue weighted by molar-refractivity contribution is 6.30. The highest BCUT2D eigenvalue weighted by Crippen LogP contribution is 2.17. The lowest BCUT2D eigenvalue weighted by Gasteiger charge is -2.34. The lowest BCUT2D eigenvalue weighted by molar-refractivity contribution is -0.123. The molecule has 138 valence electrons. The molecule has 1 aliphatic heterocycles. The maximum atomic E-state index is 12.3. The third-order valence-electron chi connectivity index (χ3n) is 5.35. The molecule has 1 amide bonds. The summed E-state index contributed by atoms with van der Waals surface area (Å²) in [5.41, 5.74) is 1.26. The van der Waals surface area contributed by atoms with Crippen LogP contribution in [0, 0.1) is 0 Å². The Labute approximate surface area is 156 Å². The molecule has 1 saturated carbocycles. The van der Waals surface area contributed by atoms with E-state index in [1.165, 1.54) is 31.2 Å². The van der Waals surface area contributed by atoms with Gasteiger partial charge >= 0.3 is 0 Å². The number of carbonyl (C=O) groups is 1. The van der Waals surface area contributed by atoms with Gasteiger partial charge in [-0.05, 0) is 30.5 Å². The van der Waals surface area contributed by atoms with Crippen molar-refractivity contribution in [2.24, 2.45) is 0 Å². The molecule has 1 heterocycles. The lowest BCUT2D eigenvalue weighted by atomic mass is 10.1. The van der Waals surface area contributed by atoms with Crippen LogP contribution in [0.3, 0.4) is 0 Å². The maximum absolute atomic E-state index is 12.3. The molecule has 0 unspecified atom stereocenters. The largest absolute Gasteiger partial charge is 0.352 e. The summed E-state index contributed by atoms with van der Waals surface area (Å²) in [6, 6.07) is 8.48. The predicted molar refractivity (Wildman–Crippen MR) is 103 cm³/mol. The van der Waals surface area contributed by atoms with Gasteiger partial charge in [0.15, 0.2) is 0 Å². The number of amides is 1. The Morgan fingerprint density at radius 3 is 2.40 bits per heavy atom. The van der Waals surface area contributed by atoms with Crippen molar-refractivity contribution >= 4 is 17.5 Å². The van der Waals surface area contributed by atoms with Crippen molar-refractivity contribution in [3.8, 4) is 0 Å². The van der Waals surface area contributed by atoms with E-state index in [4.69, 9.17) is 11.6 Å². The van der Waals surface area contributed by atoms with Gasteiger partial charge in [0.05, 0.1) is 6.54 Å². The second-order valence-corrected chi connectivity index (χ2v) is 7.87. The van der Waals surface area contributed by atoms with Crippen molar-refractivity contribution in [3.05, 3.63) is 34.9 Å². The van der Waals surface area contributed by atoms with Gasteiger partial charge in [-0.3, -0.25) is 14.6 Å². The van der Waals surface area contributed by atoms with Crippen LogP contribution in [0.5, 0.6) is 0 Å². The van der Waals surface area contributed by atoms with Crippen molar-refractivity contribution in [2.45, 2.75) is 51.1 Å². The summed E-state index contributed by atoms with van der Waals surface area (Å²) in [5, 5.41) is 4.05. The monoisotopic (exact) mass is 363 g/mol. The van der Waals surface area contributed by atoms with Gasteiger partial charge < -0.3 is 5.32 Å². The molecule has 1 aromatic rings. The van der Waals surface area contributed by atoms with E-state index >= 15 is 0 Å². The van der Waals surface area contributed by atoms with Gasteiger partial charge in [0.25, 0.3) is 0 Å². The number of nitrogens with one attached hydrogen (secondary N) is 1. The van der Waals surface area contributed by atoms with Crippen molar-refractivity contribution in [3.63, 3.8) is 0 Å². The molecule has 0 aromatic heterocycles. The standard InChI is InChI=1S/C20H30ClN3O/c21-18-7-5-6-17(14-18)15-23-10-12-24(13-11-23)16-20(25)22-19-8-3-1-2-4-9-19/h5-7,14,19H,1-4,8-13,15-16H2,(H,22,25). The molecule has 0 atom stereocenters. The molecule has 1 saturated heterocycles. The first-order valence-electron chi connectivity index (χ1n) is 9.67. The first-order valence-corrected chi connectivity index (χ1v) is 10.1. The number of benzene rings is 1. The summed E-state index contributed by atoms with van der Waals surface area (Å²) in [6.07, 6.45) is 7.46. The van der Waals surface area contributed by atoms with Crippen LogP contribution in [-0.2, 0) is 11.3 Å². The normalized spacial score (nSPS) is 21.0. The Morgan fingerprint density at radius 2 is 1.72 bits per heavy atom. The minimum Gasteiger partial charge on any atom is -0.352 e. The third kappa shape index (κ3) is 6.28. The predicted octanol–water partition coefficient (Wildman–Crippen LogP) is 3.30. The zero-order chi connectivity index (χ0) is 17.5. The van der Waals surface area contributed by atoms with E-state index in [9.17, 15) is 4.79 Å². The van der Waals surface area contributed by atoms with Crippen molar-refractivity contribution in [1.29, 1.82) is 0 Å². The summed E-state index contributed by atoms with van der Waals surface area (Å²) < 4.78 is 0. The molecular weight excluding hydrogens is 334 g/mol. The summed E-state index contributed by atoms with van der Waals surface area (Å²) >= 11 is 6.06. The van der Waals surface area contributed by atoms with Crippen LogP contribution in [0.25, 0.3) is 0 Å². The summed E-state index contributed by atoms with van der Waals surface area (Å²) in [6.45, 7) is 5.40.